The third-order valence-corrected chi connectivity index (χ3v) is 3.92. The molecule has 0 saturated carbocycles. The highest BCUT2D eigenvalue weighted by Crippen LogP contribution is 2.13. The zero-order valence-electron chi connectivity index (χ0n) is 15.1. The lowest BCUT2D eigenvalue weighted by molar-refractivity contribution is 0.181. The molecule has 6 heteroatoms. The van der Waals surface area contributed by atoms with Crippen molar-refractivity contribution in [2.45, 2.75) is 33.2 Å². The van der Waals surface area contributed by atoms with Gasteiger partial charge in [0.05, 0.1) is 19.8 Å². The van der Waals surface area contributed by atoms with Crippen molar-refractivity contribution in [3.8, 4) is 5.88 Å². The van der Waals surface area contributed by atoms with Gasteiger partial charge in [0.25, 0.3) is 0 Å². The molecule has 1 unspecified atom stereocenters. The summed E-state index contributed by atoms with van der Waals surface area (Å²) in [4.78, 5) is 11.2. The maximum Gasteiger partial charge on any atom is 0.213 e. The fraction of sp³-hybridized carbons (Fsp3) is 0.667. The van der Waals surface area contributed by atoms with Crippen LogP contribution < -0.4 is 10.1 Å². The minimum absolute atomic E-state index is 0.593. The van der Waals surface area contributed by atoms with Crippen LogP contribution in [0.2, 0.25) is 0 Å². The lowest BCUT2D eigenvalue weighted by Crippen LogP contribution is -2.41. The molecule has 0 spiro atoms. The van der Waals surface area contributed by atoms with Gasteiger partial charge >= 0.3 is 0 Å². The van der Waals surface area contributed by atoms with Crippen molar-refractivity contribution in [1.29, 1.82) is 0 Å². The molecule has 0 aliphatic carbocycles. The molecule has 1 N–H and O–H groups in total. The van der Waals surface area contributed by atoms with Gasteiger partial charge in [0.2, 0.25) is 5.88 Å². The first-order chi connectivity index (χ1) is 11.7. The number of aromatic nitrogens is 1. The highest BCUT2D eigenvalue weighted by atomic mass is 16.5. The molecular weight excluding hydrogens is 304 g/mol. The minimum atomic E-state index is 0.593. The van der Waals surface area contributed by atoms with Crippen LogP contribution in [0.15, 0.2) is 23.3 Å². The normalized spacial score (nSPS) is 17.8. The minimum Gasteiger partial charge on any atom is -0.478 e. The van der Waals surface area contributed by atoms with Gasteiger partial charge in [0, 0.05) is 44.9 Å². The average Bonchev–Trinajstić information content (AvgIpc) is 3.10. The molecule has 1 atom stereocenters. The highest BCUT2D eigenvalue weighted by Gasteiger charge is 2.19. The number of hydrogen-bond donors (Lipinski definition) is 1. The molecule has 24 heavy (non-hydrogen) atoms. The summed E-state index contributed by atoms with van der Waals surface area (Å²) in [6, 6.07) is 3.93. The first kappa shape index (κ1) is 18.5. The van der Waals surface area contributed by atoms with Crippen LogP contribution in [0.5, 0.6) is 5.88 Å². The number of hydrogen-bond acceptors (Lipinski definition) is 4. The van der Waals surface area contributed by atoms with Gasteiger partial charge in [0.1, 0.15) is 0 Å². The van der Waals surface area contributed by atoms with Crippen LogP contribution in [-0.4, -0.2) is 55.8 Å². The number of guanidine groups is 1. The molecule has 1 fully saturated rings. The second kappa shape index (κ2) is 10.1. The number of nitrogens with zero attached hydrogens (tertiary/aromatic N) is 3. The fourth-order valence-electron chi connectivity index (χ4n) is 2.63. The molecule has 1 aromatic heterocycles. The van der Waals surface area contributed by atoms with Crippen LogP contribution >= 0.6 is 0 Å². The van der Waals surface area contributed by atoms with Crippen LogP contribution in [0, 0.1) is 5.92 Å². The lowest BCUT2D eigenvalue weighted by atomic mass is 10.1. The van der Waals surface area contributed by atoms with E-state index >= 15 is 0 Å². The molecule has 0 bridgehead atoms. The van der Waals surface area contributed by atoms with Crippen LogP contribution in [0.25, 0.3) is 0 Å². The quantitative estimate of drug-likeness (QED) is 0.584. The van der Waals surface area contributed by atoms with Crippen LogP contribution in [0.1, 0.15) is 32.3 Å². The topological polar surface area (TPSA) is 59.0 Å². The molecule has 0 amide bonds. The summed E-state index contributed by atoms with van der Waals surface area (Å²) >= 11 is 0. The van der Waals surface area contributed by atoms with E-state index in [-0.39, 0.29) is 0 Å². The van der Waals surface area contributed by atoms with Crippen LogP contribution in [0.4, 0.5) is 0 Å². The Morgan fingerprint density at radius 1 is 1.46 bits per heavy atom. The smallest absolute Gasteiger partial charge is 0.213 e. The van der Waals surface area contributed by atoms with Crippen molar-refractivity contribution in [2.75, 3.05) is 40.0 Å². The molecule has 2 rings (SSSR count). The Bertz CT molecular complexity index is 498. The van der Waals surface area contributed by atoms with Gasteiger partial charge in [0.15, 0.2) is 5.96 Å². The summed E-state index contributed by atoms with van der Waals surface area (Å²) in [5.74, 6) is 2.20. The van der Waals surface area contributed by atoms with E-state index in [1.807, 2.05) is 18.3 Å². The van der Waals surface area contributed by atoms with Crippen molar-refractivity contribution in [2.24, 2.45) is 10.9 Å². The van der Waals surface area contributed by atoms with Gasteiger partial charge in [-0.05, 0) is 25.3 Å². The van der Waals surface area contributed by atoms with Crippen molar-refractivity contribution >= 4 is 5.96 Å². The summed E-state index contributed by atoms with van der Waals surface area (Å²) in [6.45, 7) is 9.03. The van der Waals surface area contributed by atoms with E-state index in [1.54, 1.807) is 0 Å². The molecule has 1 saturated heterocycles. The van der Waals surface area contributed by atoms with E-state index in [1.165, 1.54) is 0 Å². The second-order valence-electron chi connectivity index (χ2n) is 6.13. The third-order valence-electron chi connectivity index (χ3n) is 3.92. The maximum atomic E-state index is 5.51. The average molecular weight is 334 g/mol. The zero-order valence-corrected chi connectivity index (χ0v) is 15.1. The largest absolute Gasteiger partial charge is 0.478 e. The van der Waals surface area contributed by atoms with Crippen LogP contribution in [-0.2, 0) is 11.3 Å². The van der Waals surface area contributed by atoms with Gasteiger partial charge in [-0.15, -0.1) is 0 Å². The van der Waals surface area contributed by atoms with Gasteiger partial charge in [-0.2, -0.15) is 0 Å². The molecule has 0 radical (unpaired) electrons. The Balaban J connectivity index is 1.91. The number of pyridine rings is 1. The van der Waals surface area contributed by atoms with E-state index < -0.39 is 0 Å². The Morgan fingerprint density at radius 2 is 2.33 bits per heavy atom. The van der Waals surface area contributed by atoms with Crippen molar-refractivity contribution in [3.63, 3.8) is 0 Å². The summed E-state index contributed by atoms with van der Waals surface area (Å²) < 4.78 is 11.0. The summed E-state index contributed by atoms with van der Waals surface area (Å²) in [5, 5.41) is 3.36. The van der Waals surface area contributed by atoms with E-state index in [4.69, 9.17) is 14.5 Å². The first-order valence-corrected chi connectivity index (χ1v) is 8.87. The zero-order chi connectivity index (χ0) is 17.2. The summed E-state index contributed by atoms with van der Waals surface area (Å²) in [5.41, 5.74) is 1.08. The highest BCUT2D eigenvalue weighted by molar-refractivity contribution is 5.79. The lowest BCUT2D eigenvalue weighted by Gasteiger charge is -2.24. The van der Waals surface area contributed by atoms with Crippen LogP contribution in [0.3, 0.4) is 0 Å². The molecule has 0 aromatic carbocycles. The van der Waals surface area contributed by atoms with Crippen molar-refractivity contribution in [1.82, 2.24) is 15.2 Å². The van der Waals surface area contributed by atoms with Gasteiger partial charge in [-0.1, -0.05) is 13.0 Å². The number of rotatable bonds is 8. The Hall–Kier alpha value is -1.82. The van der Waals surface area contributed by atoms with E-state index in [2.05, 4.69) is 36.1 Å². The molecule has 6 nitrogen and oxygen atoms in total. The summed E-state index contributed by atoms with van der Waals surface area (Å²) in [7, 11) is 2.08. The number of ether oxygens (including phenoxy) is 2. The van der Waals surface area contributed by atoms with Crippen molar-refractivity contribution in [3.05, 3.63) is 23.9 Å². The maximum absolute atomic E-state index is 5.51. The van der Waals surface area contributed by atoms with E-state index in [0.717, 1.165) is 50.7 Å². The first-order valence-electron chi connectivity index (χ1n) is 8.87. The second-order valence-corrected chi connectivity index (χ2v) is 6.13. The van der Waals surface area contributed by atoms with E-state index in [0.29, 0.717) is 24.9 Å². The Labute approximate surface area is 145 Å². The van der Waals surface area contributed by atoms with Gasteiger partial charge in [-0.25, -0.2) is 9.98 Å². The van der Waals surface area contributed by atoms with Gasteiger partial charge < -0.3 is 19.7 Å². The van der Waals surface area contributed by atoms with Gasteiger partial charge in [-0.3, -0.25) is 0 Å². The standard InChI is InChI=1S/C18H30N4O2/c1-4-9-24-17-7-6-15(11-20-17)12-21-18(19-5-2)22(3)13-16-8-10-23-14-16/h6-7,11,16H,4-5,8-10,12-14H2,1-3H3,(H,19,21). The van der Waals surface area contributed by atoms with Crippen molar-refractivity contribution < 1.29 is 9.47 Å². The monoisotopic (exact) mass is 334 g/mol. The predicted octanol–water partition coefficient (Wildman–Crippen LogP) is 2.30. The predicted molar refractivity (Wildman–Crippen MR) is 96.4 cm³/mol. The Kier molecular flexibility index (Phi) is 7.82. The molecule has 2 heterocycles. The third kappa shape index (κ3) is 6.00. The number of aliphatic imine (C=N–C) groups is 1. The molecule has 1 aliphatic rings. The Morgan fingerprint density at radius 3 is 2.96 bits per heavy atom. The molecule has 1 aromatic rings. The molecule has 134 valence electrons. The molecular formula is C18H30N4O2. The summed E-state index contributed by atoms with van der Waals surface area (Å²) in [6.07, 6.45) is 3.95. The molecule has 1 aliphatic heterocycles. The fourth-order valence-corrected chi connectivity index (χ4v) is 2.63. The SMILES string of the molecule is CCCOc1ccc(CN=C(NCC)N(C)CC2CCOC2)cn1. The van der Waals surface area contributed by atoms with E-state index in [9.17, 15) is 0 Å². The number of nitrogens with one attached hydrogen (secondary N) is 1.